The van der Waals surface area contributed by atoms with Crippen molar-refractivity contribution in [1.82, 2.24) is 0 Å². The van der Waals surface area contributed by atoms with Crippen molar-refractivity contribution in [3.8, 4) is 16.9 Å². The Hall–Kier alpha value is -3.40. The van der Waals surface area contributed by atoms with E-state index in [1.54, 1.807) is 30.3 Å². The molecule has 25 heavy (non-hydrogen) atoms. The van der Waals surface area contributed by atoms with Gasteiger partial charge in [0.05, 0.1) is 5.22 Å². The Morgan fingerprint density at radius 2 is 1.72 bits per heavy atom. The fourth-order valence-electron chi connectivity index (χ4n) is 3.24. The lowest BCUT2D eigenvalue weighted by molar-refractivity contribution is 0.472. The highest BCUT2D eigenvalue weighted by atomic mass is 16.3. The summed E-state index contributed by atoms with van der Waals surface area (Å²) in [5, 5.41) is 21.4. The molecule has 0 heterocycles. The molecule has 0 aliphatic heterocycles. The summed E-state index contributed by atoms with van der Waals surface area (Å²) >= 11 is 0. The fourth-order valence-corrected chi connectivity index (χ4v) is 3.24. The first-order chi connectivity index (χ1) is 12.0. The number of phenols is 1. The van der Waals surface area contributed by atoms with E-state index in [1.807, 2.05) is 6.07 Å². The van der Waals surface area contributed by atoms with E-state index in [0.29, 0.717) is 22.1 Å². The van der Waals surface area contributed by atoms with E-state index in [0.717, 1.165) is 5.39 Å². The molecule has 0 unspecified atom stereocenters. The van der Waals surface area contributed by atoms with Crippen LogP contribution in [-0.4, -0.2) is 10.2 Å². The number of phenolic OH excluding ortho intramolecular Hbond substituents is 1. The monoisotopic (exact) mass is 330 g/mol. The summed E-state index contributed by atoms with van der Waals surface area (Å²) in [4.78, 5) is 25.1. The average Bonchev–Trinajstić information content (AvgIpc) is 2.59. The highest BCUT2D eigenvalue weighted by Crippen LogP contribution is 2.26. The highest BCUT2D eigenvalue weighted by molar-refractivity contribution is 5.97. The van der Waals surface area contributed by atoms with Gasteiger partial charge in [-0.05, 0) is 35.2 Å². The van der Waals surface area contributed by atoms with Gasteiger partial charge in [0, 0.05) is 22.9 Å². The first-order valence-electron chi connectivity index (χ1n) is 7.87. The average molecular weight is 330 g/mol. The van der Waals surface area contributed by atoms with E-state index < -0.39 is 0 Å². The third-order valence-electron chi connectivity index (χ3n) is 4.42. The van der Waals surface area contributed by atoms with Crippen molar-refractivity contribution in [1.29, 1.82) is 0 Å². The van der Waals surface area contributed by atoms with Gasteiger partial charge in [-0.25, -0.2) is 0 Å². The Kier molecular flexibility index (Phi) is 3.39. The Labute approximate surface area is 142 Å². The van der Waals surface area contributed by atoms with Crippen LogP contribution >= 0.6 is 0 Å². The molecular formula is C21H14O4. The van der Waals surface area contributed by atoms with Crippen molar-refractivity contribution in [2.24, 2.45) is 0 Å². The molecule has 2 aromatic carbocycles. The van der Waals surface area contributed by atoms with Gasteiger partial charge in [-0.2, -0.15) is 0 Å². The van der Waals surface area contributed by atoms with Gasteiger partial charge in [-0.1, -0.05) is 36.4 Å². The summed E-state index contributed by atoms with van der Waals surface area (Å²) in [7, 11) is 0. The molecule has 2 aliphatic rings. The van der Waals surface area contributed by atoms with Crippen LogP contribution in [0.2, 0.25) is 0 Å². The lowest BCUT2D eigenvalue weighted by Crippen LogP contribution is -2.30. The maximum Gasteiger partial charge on any atom is 0.197 e. The van der Waals surface area contributed by atoms with Gasteiger partial charge in [0.1, 0.15) is 11.5 Å². The number of benzene rings is 4. The Balaban J connectivity index is 2.03. The van der Waals surface area contributed by atoms with E-state index in [1.165, 1.54) is 24.3 Å². The molecule has 2 aliphatic carbocycles. The van der Waals surface area contributed by atoms with Crippen LogP contribution in [0.3, 0.4) is 0 Å². The van der Waals surface area contributed by atoms with E-state index in [-0.39, 0.29) is 34.0 Å². The van der Waals surface area contributed by atoms with Crippen LogP contribution in [-0.2, 0) is 6.42 Å². The normalized spacial score (nSPS) is 12.6. The predicted molar refractivity (Wildman–Crippen MR) is 97.4 cm³/mol. The number of hydrogen-bond acceptors (Lipinski definition) is 4. The Morgan fingerprint density at radius 1 is 0.920 bits per heavy atom. The molecule has 0 saturated carbocycles. The molecule has 0 saturated heterocycles. The van der Waals surface area contributed by atoms with Crippen LogP contribution in [0.5, 0.6) is 5.75 Å². The number of rotatable bonds is 2. The lowest BCUT2D eigenvalue weighted by atomic mass is 9.92. The molecule has 0 radical (unpaired) electrons. The minimum absolute atomic E-state index is 0.0891. The molecule has 4 nitrogen and oxygen atoms in total. The van der Waals surface area contributed by atoms with Crippen molar-refractivity contribution in [3.05, 3.63) is 91.9 Å². The molecular weight excluding hydrogens is 316 g/mol. The van der Waals surface area contributed by atoms with Crippen LogP contribution in [0.4, 0.5) is 0 Å². The molecule has 4 heteroatoms. The molecule has 4 rings (SSSR count). The zero-order chi connectivity index (χ0) is 17.6. The standard InChI is InChI=1S/C21H14O4/c22-14-5-1-3-12(9-14)10-19(24)17-11-16-18(23)8-7-13-4-2-6-15(20(13)16)21(17)25/h1-9,11,22,24H,10H2/b19-17+. The van der Waals surface area contributed by atoms with E-state index in [2.05, 4.69) is 0 Å². The highest BCUT2D eigenvalue weighted by Gasteiger charge is 2.16. The van der Waals surface area contributed by atoms with Crippen LogP contribution in [0, 0.1) is 0 Å². The number of aliphatic hydroxyl groups excluding tert-OH is 1. The van der Waals surface area contributed by atoms with E-state index >= 15 is 0 Å². The van der Waals surface area contributed by atoms with Crippen LogP contribution < -0.4 is 16.1 Å². The van der Waals surface area contributed by atoms with Gasteiger partial charge in [0.15, 0.2) is 10.9 Å². The zero-order valence-corrected chi connectivity index (χ0v) is 13.2. The second kappa shape index (κ2) is 5.60. The van der Waals surface area contributed by atoms with Gasteiger partial charge in [-0.15, -0.1) is 0 Å². The third-order valence-corrected chi connectivity index (χ3v) is 4.42. The van der Waals surface area contributed by atoms with Crippen molar-refractivity contribution in [2.45, 2.75) is 6.42 Å². The molecule has 122 valence electrons. The first-order valence-corrected chi connectivity index (χ1v) is 7.87. The molecule has 0 bridgehead atoms. The predicted octanol–water partition coefficient (Wildman–Crippen LogP) is 2.44. The van der Waals surface area contributed by atoms with Crippen molar-refractivity contribution in [2.75, 3.05) is 0 Å². The molecule has 0 aromatic heterocycles. The van der Waals surface area contributed by atoms with Crippen LogP contribution in [0.15, 0.2) is 70.3 Å². The largest absolute Gasteiger partial charge is 0.511 e. The minimum atomic E-state index is -0.304. The quantitative estimate of drug-likeness (QED) is 0.592. The van der Waals surface area contributed by atoms with Gasteiger partial charge < -0.3 is 10.2 Å². The molecule has 0 fully saturated rings. The summed E-state index contributed by atoms with van der Waals surface area (Å²) in [6, 6.07) is 16.4. The number of aliphatic hydroxyl groups is 1. The Morgan fingerprint density at radius 3 is 2.52 bits per heavy atom. The molecule has 2 N–H and O–H groups in total. The first kappa shape index (κ1) is 15.1. The third kappa shape index (κ3) is 2.48. The lowest BCUT2D eigenvalue weighted by Gasteiger charge is -2.10. The summed E-state index contributed by atoms with van der Waals surface area (Å²) in [5.74, 6) is -0.0345. The van der Waals surface area contributed by atoms with Gasteiger partial charge in [0.2, 0.25) is 0 Å². The second-order valence-electron chi connectivity index (χ2n) is 6.06. The maximum absolute atomic E-state index is 12.8. The molecule has 0 atom stereocenters. The van der Waals surface area contributed by atoms with Gasteiger partial charge >= 0.3 is 0 Å². The van der Waals surface area contributed by atoms with Crippen LogP contribution in [0.1, 0.15) is 5.56 Å². The molecule has 0 amide bonds. The smallest absolute Gasteiger partial charge is 0.197 e. The molecule has 2 aromatic rings. The van der Waals surface area contributed by atoms with Gasteiger partial charge in [-0.3, -0.25) is 9.59 Å². The SMILES string of the molecule is O=c1ccc2cccc3c2-c1c/c(=C(\O)Cc1cccc(O)c1)c3=O. The number of hydrogen-bond donors (Lipinski definition) is 2. The second-order valence-corrected chi connectivity index (χ2v) is 6.06. The minimum Gasteiger partial charge on any atom is -0.511 e. The summed E-state index contributed by atoms with van der Waals surface area (Å²) in [5.41, 5.74) is 1.24. The van der Waals surface area contributed by atoms with Crippen molar-refractivity contribution in [3.63, 3.8) is 0 Å². The Bertz CT molecular complexity index is 1230. The van der Waals surface area contributed by atoms with E-state index in [9.17, 15) is 19.8 Å². The summed E-state index contributed by atoms with van der Waals surface area (Å²) < 4.78 is 0. The summed E-state index contributed by atoms with van der Waals surface area (Å²) in [6.45, 7) is 0. The van der Waals surface area contributed by atoms with E-state index in [4.69, 9.17) is 0 Å². The fraction of sp³-hybridized carbons (Fsp3) is 0.0476. The zero-order valence-electron chi connectivity index (χ0n) is 13.2. The topological polar surface area (TPSA) is 74.6 Å². The van der Waals surface area contributed by atoms with Crippen LogP contribution in [0.25, 0.3) is 27.7 Å². The molecule has 0 spiro atoms. The maximum atomic E-state index is 12.8. The van der Waals surface area contributed by atoms with Crippen molar-refractivity contribution >= 4 is 16.5 Å². The summed E-state index contributed by atoms with van der Waals surface area (Å²) in [6.07, 6.45) is 0.0955. The van der Waals surface area contributed by atoms with Crippen molar-refractivity contribution < 1.29 is 10.2 Å². The number of aromatic hydroxyl groups is 1. The van der Waals surface area contributed by atoms with Gasteiger partial charge in [0.25, 0.3) is 0 Å².